The molecule has 1 saturated heterocycles. The van der Waals surface area contributed by atoms with E-state index in [1.54, 1.807) is 12.1 Å². The lowest BCUT2D eigenvalue weighted by atomic mass is 9.98. The summed E-state index contributed by atoms with van der Waals surface area (Å²) in [7, 11) is -3.59. The number of hydrogen-bond donors (Lipinski definition) is 1. The summed E-state index contributed by atoms with van der Waals surface area (Å²) in [6.07, 6.45) is 6.74. The van der Waals surface area contributed by atoms with Crippen LogP contribution in [0.25, 0.3) is 0 Å². The molecule has 0 spiro atoms. The Kier molecular flexibility index (Phi) is 7.98. The van der Waals surface area contributed by atoms with Gasteiger partial charge < -0.3 is 4.90 Å². The molecule has 0 aliphatic carbocycles. The van der Waals surface area contributed by atoms with Crippen LogP contribution in [0.2, 0.25) is 0 Å². The van der Waals surface area contributed by atoms with Crippen LogP contribution in [0.1, 0.15) is 56.3 Å². The molecule has 0 bridgehead atoms. The molecule has 1 N–H and O–H groups in total. The Morgan fingerprint density at radius 1 is 1.27 bits per heavy atom. The predicted molar refractivity (Wildman–Crippen MR) is 107 cm³/mol. The molecule has 1 aromatic carbocycles. The first kappa shape index (κ1) is 21.3. The fourth-order valence-electron chi connectivity index (χ4n) is 3.07. The minimum atomic E-state index is -3.59. The molecule has 0 saturated carbocycles. The summed E-state index contributed by atoms with van der Waals surface area (Å²) in [6, 6.07) is 4.86. The topological polar surface area (TPSA) is 66.5 Å². The van der Waals surface area contributed by atoms with Gasteiger partial charge in [0.2, 0.25) is 10.0 Å². The van der Waals surface area contributed by atoms with Crippen LogP contribution in [0.15, 0.2) is 28.0 Å². The molecule has 5 nitrogen and oxygen atoms in total. The second-order valence-electron chi connectivity index (χ2n) is 6.94. The number of sulfonamides is 1. The number of hydrogen-bond acceptors (Lipinski definition) is 4. The van der Waals surface area contributed by atoms with Crippen LogP contribution < -0.4 is 4.72 Å². The third-order valence-corrected chi connectivity index (χ3v) is 7.11. The van der Waals surface area contributed by atoms with E-state index in [2.05, 4.69) is 18.6 Å². The van der Waals surface area contributed by atoms with Gasteiger partial charge in [0.05, 0.1) is 10.5 Å². The number of amides is 1. The number of piperidine rings is 1. The maximum absolute atomic E-state index is 13.0. The molecule has 26 heavy (non-hydrogen) atoms. The van der Waals surface area contributed by atoms with Gasteiger partial charge in [-0.1, -0.05) is 26.7 Å². The monoisotopic (exact) mass is 398 g/mol. The van der Waals surface area contributed by atoms with Gasteiger partial charge in [-0.3, -0.25) is 4.79 Å². The molecule has 1 amide bonds. The standard InChI is InChI=1S/C19H30N2O3S2/c1-4-5-6-11-20-26(23,24)16-7-8-18(25-3)17(14-16)19(22)21-12-9-15(2)10-13-21/h7-8,14-15,20H,4-6,9-13H2,1-3H3. The third-order valence-electron chi connectivity index (χ3n) is 4.85. The van der Waals surface area contributed by atoms with Crippen molar-refractivity contribution in [1.82, 2.24) is 9.62 Å². The van der Waals surface area contributed by atoms with Crippen LogP contribution in [0.5, 0.6) is 0 Å². The van der Waals surface area contributed by atoms with Crippen molar-refractivity contribution in [3.63, 3.8) is 0 Å². The molecule has 1 fully saturated rings. The second-order valence-corrected chi connectivity index (χ2v) is 9.56. The lowest BCUT2D eigenvalue weighted by Gasteiger charge is -2.30. The summed E-state index contributed by atoms with van der Waals surface area (Å²) in [4.78, 5) is 15.8. The summed E-state index contributed by atoms with van der Waals surface area (Å²) < 4.78 is 27.7. The molecule has 1 aliphatic heterocycles. The van der Waals surface area contributed by atoms with Crippen molar-refractivity contribution in [2.24, 2.45) is 5.92 Å². The molecule has 0 unspecified atom stereocenters. The lowest BCUT2D eigenvalue weighted by molar-refractivity contribution is 0.0693. The van der Waals surface area contributed by atoms with Crippen LogP contribution in [0, 0.1) is 5.92 Å². The van der Waals surface area contributed by atoms with E-state index in [0.717, 1.165) is 50.1 Å². The molecule has 1 aromatic rings. The van der Waals surface area contributed by atoms with Crippen LogP contribution in [-0.2, 0) is 10.0 Å². The Balaban J connectivity index is 2.20. The van der Waals surface area contributed by atoms with E-state index < -0.39 is 10.0 Å². The van der Waals surface area contributed by atoms with E-state index in [1.807, 2.05) is 11.2 Å². The largest absolute Gasteiger partial charge is 0.339 e. The molecular formula is C19H30N2O3S2. The molecular weight excluding hydrogens is 368 g/mol. The van der Waals surface area contributed by atoms with E-state index in [4.69, 9.17) is 0 Å². The minimum absolute atomic E-state index is 0.0655. The average Bonchev–Trinajstić information content (AvgIpc) is 2.64. The Morgan fingerprint density at radius 2 is 1.96 bits per heavy atom. The summed E-state index contributed by atoms with van der Waals surface area (Å²) in [5, 5.41) is 0. The van der Waals surface area contributed by atoms with Gasteiger partial charge in [0.1, 0.15) is 0 Å². The lowest BCUT2D eigenvalue weighted by Crippen LogP contribution is -2.38. The number of likely N-dealkylation sites (tertiary alicyclic amines) is 1. The van der Waals surface area contributed by atoms with Crippen molar-refractivity contribution in [3.8, 4) is 0 Å². The number of unbranched alkanes of at least 4 members (excludes halogenated alkanes) is 2. The van der Waals surface area contributed by atoms with E-state index in [0.29, 0.717) is 18.0 Å². The molecule has 0 radical (unpaired) electrons. The van der Waals surface area contributed by atoms with Gasteiger partial charge in [0.15, 0.2) is 0 Å². The Bertz CT molecular complexity index is 711. The number of benzene rings is 1. The maximum atomic E-state index is 13.0. The first-order valence-corrected chi connectivity index (χ1v) is 12.1. The molecule has 7 heteroatoms. The predicted octanol–water partition coefficient (Wildman–Crippen LogP) is 3.75. The number of carbonyl (C=O) groups excluding carboxylic acids is 1. The molecule has 1 aliphatic rings. The van der Waals surface area contributed by atoms with Gasteiger partial charge in [-0.25, -0.2) is 13.1 Å². The van der Waals surface area contributed by atoms with Crippen molar-refractivity contribution in [3.05, 3.63) is 23.8 Å². The second kappa shape index (κ2) is 9.76. The summed E-state index contributed by atoms with van der Waals surface area (Å²) >= 11 is 1.47. The van der Waals surface area contributed by atoms with Gasteiger partial charge >= 0.3 is 0 Å². The van der Waals surface area contributed by atoms with Crippen molar-refractivity contribution >= 4 is 27.7 Å². The van der Waals surface area contributed by atoms with E-state index in [1.165, 1.54) is 17.8 Å². The van der Waals surface area contributed by atoms with Crippen LogP contribution in [0.3, 0.4) is 0 Å². The summed E-state index contributed by atoms with van der Waals surface area (Å²) in [5.74, 6) is 0.572. The molecule has 0 aromatic heterocycles. The van der Waals surface area contributed by atoms with Crippen molar-refractivity contribution in [2.45, 2.75) is 55.7 Å². The number of carbonyl (C=O) groups is 1. The SMILES string of the molecule is CCCCCNS(=O)(=O)c1ccc(SC)c(C(=O)N2CCC(C)CC2)c1. The fraction of sp³-hybridized carbons (Fsp3) is 0.632. The zero-order valence-corrected chi connectivity index (χ0v) is 17.6. The van der Waals surface area contributed by atoms with Crippen molar-refractivity contribution in [2.75, 3.05) is 25.9 Å². The zero-order chi connectivity index (χ0) is 19.2. The van der Waals surface area contributed by atoms with E-state index in [-0.39, 0.29) is 10.8 Å². The van der Waals surface area contributed by atoms with Gasteiger partial charge in [-0.15, -0.1) is 11.8 Å². The van der Waals surface area contributed by atoms with Crippen molar-refractivity contribution in [1.29, 1.82) is 0 Å². The fourth-order valence-corrected chi connectivity index (χ4v) is 4.74. The van der Waals surface area contributed by atoms with Gasteiger partial charge in [-0.2, -0.15) is 0 Å². The zero-order valence-electron chi connectivity index (χ0n) is 16.0. The highest BCUT2D eigenvalue weighted by molar-refractivity contribution is 7.98. The third kappa shape index (κ3) is 5.47. The van der Waals surface area contributed by atoms with Crippen molar-refractivity contribution < 1.29 is 13.2 Å². The van der Waals surface area contributed by atoms with E-state index >= 15 is 0 Å². The van der Waals surface area contributed by atoms with Crippen LogP contribution in [-0.4, -0.2) is 45.1 Å². The first-order valence-electron chi connectivity index (χ1n) is 9.36. The average molecular weight is 399 g/mol. The molecule has 1 heterocycles. The van der Waals surface area contributed by atoms with Crippen LogP contribution >= 0.6 is 11.8 Å². The smallest absolute Gasteiger partial charge is 0.255 e. The number of nitrogens with one attached hydrogen (secondary N) is 1. The quantitative estimate of drug-likeness (QED) is 0.535. The normalized spacial score (nSPS) is 16.0. The Hall–Kier alpha value is -1.05. The minimum Gasteiger partial charge on any atom is -0.339 e. The van der Waals surface area contributed by atoms with Gasteiger partial charge in [0.25, 0.3) is 5.91 Å². The first-order chi connectivity index (χ1) is 12.4. The number of rotatable bonds is 8. The highest BCUT2D eigenvalue weighted by atomic mass is 32.2. The molecule has 0 atom stereocenters. The highest BCUT2D eigenvalue weighted by Crippen LogP contribution is 2.27. The van der Waals surface area contributed by atoms with Crippen LogP contribution in [0.4, 0.5) is 0 Å². The van der Waals surface area contributed by atoms with Gasteiger partial charge in [-0.05, 0) is 49.6 Å². The van der Waals surface area contributed by atoms with E-state index in [9.17, 15) is 13.2 Å². The molecule has 146 valence electrons. The maximum Gasteiger partial charge on any atom is 0.255 e. The summed E-state index contributed by atoms with van der Waals surface area (Å²) in [5.41, 5.74) is 0.489. The molecule has 2 rings (SSSR count). The Morgan fingerprint density at radius 3 is 2.58 bits per heavy atom. The Labute approximate surface area is 162 Å². The van der Waals surface area contributed by atoms with Gasteiger partial charge in [0, 0.05) is 24.5 Å². The summed E-state index contributed by atoms with van der Waals surface area (Å²) in [6.45, 7) is 6.18. The number of nitrogens with zero attached hydrogens (tertiary/aromatic N) is 1. The highest BCUT2D eigenvalue weighted by Gasteiger charge is 2.25. The number of thioether (sulfide) groups is 1.